The first-order valence-corrected chi connectivity index (χ1v) is 13.2. The first kappa shape index (κ1) is 27.3. The molecule has 2 aromatic carbocycles. The number of alkyl halides is 4. The molecule has 0 bridgehead atoms. The van der Waals surface area contributed by atoms with Crippen LogP contribution in [0.3, 0.4) is 0 Å². The molecule has 9 heteroatoms. The van der Waals surface area contributed by atoms with Crippen molar-refractivity contribution >= 4 is 39.2 Å². The van der Waals surface area contributed by atoms with Crippen LogP contribution >= 0.6 is 23.1 Å². The van der Waals surface area contributed by atoms with Gasteiger partial charge in [0.05, 0.1) is 5.56 Å². The monoisotopic (exact) mass is 528 g/mol. The summed E-state index contributed by atoms with van der Waals surface area (Å²) in [5.41, 5.74) is 0.724. The highest BCUT2D eigenvalue weighted by molar-refractivity contribution is 7.99. The highest BCUT2D eigenvalue weighted by Crippen LogP contribution is 2.42. The van der Waals surface area contributed by atoms with E-state index in [-0.39, 0.29) is 11.7 Å². The van der Waals surface area contributed by atoms with Gasteiger partial charge in [-0.2, -0.15) is 13.2 Å². The first-order valence-electron chi connectivity index (χ1n) is 11.4. The molecule has 0 saturated carbocycles. The highest BCUT2D eigenvalue weighted by Gasteiger charge is 2.31. The van der Waals surface area contributed by atoms with Crippen LogP contribution in [-0.4, -0.2) is 23.4 Å². The van der Waals surface area contributed by atoms with Gasteiger partial charge in [0.2, 0.25) is 0 Å². The maximum absolute atomic E-state index is 13.4. The number of thioether (sulfide) groups is 1. The van der Waals surface area contributed by atoms with Crippen molar-refractivity contribution in [3.63, 3.8) is 0 Å². The predicted molar refractivity (Wildman–Crippen MR) is 134 cm³/mol. The molecule has 0 radical (unpaired) electrons. The van der Waals surface area contributed by atoms with E-state index in [0.717, 1.165) is 58.2 Å². The van der Waals surface area contributed by atoms with Crippen molar-refractivity contribution in [2.45, 2.75) is 63.2 Å². The van der Waals surface area contributed by atoms with E-state index in [1.54, 1.807) is 36.0 Å². The van der Waals surface area contributed by atoms with Gasteiger partial charge in [-0.15, -0.1) is 23.1 Å². The number of hydrogen-bond donors (Lipinski definition) is 1. The molecule has 0 saturated heterocycles. The van der Waals surface area contributed by atoms with Crippen LogP contribution in [0.15, 0.2) is 41.3 Å². The van der Waals surface area contributed by atoms with Crippen LogP contribution in [0, 0.1) is 6.92 Å². The summed E-state index contributed by atoms with van der Waals surface area (Å²) in [7, 11) is 0. The number of carboxylic acids is 1. The third kappa shape index (κ3) is 7.13. The molecule has 0 aliphatic rings. The lowest BCUT2D eigenvalue weighted by atomic mass is 9.94. The van der Waals surface area contributed by atoms with Crippen molar-refractivity contribution in [3.8, 4) is 5.75 Å². The Labute approximate surface area is 210 Å². The van der Waals surface area contributed by atoms with Crippen molar-refractivity contribution in [2.24, 2.45) is 0 Å². The molecule has 3 nitrogen and oxygen atoms in total. The number of carbonyl (C=O) groups is 1. The third-order valence-electron chi connectivity index (χ3n) is 5.84. The summed E-state index contributed by atoms with van der Waals surface area (Å²) >= 11 is 3.03. The third-order valence-corrected chi connectivity index (χ3v) is 8.29. The molecule has 0 spiro atoms. The zero-order chi connectivity index (χ0) is 25.6. The Bertz CT molecular complexity index is 1160. The van der Waals surface area contributed by atoms with Gasteiger partial charge in [-0.3, -0.25) is 0 Å². The number of aliphatic carboxylic acids is 1. The van der Waals surface area contributed by atoms with E-state index in [4.69, 9.17) is 9.84 Å². The largest absolute Gasteiger partial charge is 0.482 e. The molecule has 0 aliphatic heterocycles. The van der Waals surface area contributed by atoms with Gasteiger partial charge in [0, 0.05) is 20.0 Å². The molecule has 0 aliphatic carbocycles. The number of fused-ring (bicyclic) bond motifs is 1. The van der Waals surface area contributed by atoms with E-state index < -0.39 is 31.0 Å². The van der Waals surface area contributed by atoms with Gasteiger partial charge in [-0.05, 0) is 72.7 Å². The van der Waals surface area contributed by atoms with Gasteiger partial charge in [-0.25, -0.2) is 9.18 Å². The molecule has 3 rings (SSSR count). The molecule has 0 amide bonds. The summed E-state index contributed by atoms with van der Waals surface area (Å²) < 4.78 is 58.8. The van der Waals surface area contributed by atoms with Crippen LogP contribution in [0.4, 0.5) is 17.6 Å². The maximum Gasteiger partial charge on any atom is 0.416 e. The fourth-order valence-corrected chi connectivity index (χ4v) is 6.46. The van der Waals surface area contributed by atoms with Crippen LogP contribution in [-0.2, 0) is 17.6 Å². The summed E-state index contributed by atoms with van der Waals surface area (Å²) in [6, 6.07) is 9.01. The highest BCUT2D eigenvalue weighted by atomic mass is 32.2. The van der Waals surface area contributed by atoms with Gasteiger partial charge < -0.3 is 9.84 Å². The summed E-state index contributed by atoms with van der Waals surface area (Å²) in [4.78, 5) is 12.7. The van der Waals surface area contributed by atoms with Gasteiger partial charge in [0.15, 0.2) is 6.61 Å². The Morgan fingerprint density at radius 2 is 1.94 bits per heavy atom. The number of halogens is 4. The van der Waals surface area contributed by atoms with Crippen molar-refractivity contribution in [1.82, 2.24) is 0 Å². The first-order chi connectivity index (χ1) is 16.6. The standard InChI is InChI=1S/C26H28F4O3S2/c1-3-4-5-17(25-16(2)21-8-6-19(26(28,29)30)13-23(21)35-25)10-11-34-20-7-9-22(18(12-20)14-27)33-15-24(31)32/h6-9,12-13,17H,3-5,10-11,14-15H2,1-2H3,(H,31,32). The fraction of sp³-hybridized carbons (Fsp3) is 0.423. The van der Waals surface area contributed by atoms with Crippen LogP contribution < -0.4 is 4.74 Å². The minimum atomic E-state index is -4.36. The van der Waals surface area contributed by atoms with E-state index in [2.05, 4.69) is 6.92 Å². The second-order valence-corrected chi connectivity index (χ2v) is 10.6. The molecular formula is C26H28F4O3S2. The van der Waals surface area contributed by atoms with E-state index in [1.165, 1.54) is 17.4 Å². The molecule has 1 atom stereocenters. The fourth-order valence-electron chi connectivity index (χ4n) is 4.02. The van der Waals surface area contributed by atoms with Gasteiger partial charge in [0.1, 0.15) is 12.4 Å². The molecule has 3 aromatic rings. The Morgan fingerprint density at radius 1 is 1.17 bits per heavy atom. The topological polar surface area (TPSA) is 46.5 Å². The number of aryl methyl sites for hydroxylation is 1. The van der Waals surface area contributed by atoms with Crippen molar-refractivity contribution in [3.05, 3.63) is 58.0 Å². The van der Waals surface area contributed by atoms with Gasteiger partial charge in [0.25, 0.3) is 0 Å². The molecule has 1 heterocycles. The number of hydrogen-bond acceptors (Lipinski definition) is 4. The molecule has 35 heavy (non-hydrogen) atoms. The van der Waals surface area contributed by atoms with Crippen LogP contribution in [0.1, 0.15) is 60.1 Å². The van der Waals surface area contributed by atoms with E-state index >= 15 is 0 Å². The number of benzene rings is 2. The van der Waals surface area contributed by atoms with E-state index in [0.29, 0.717) is 10.3 Å². The van der Waals surface area contributed by atoms with Crippen LogP contribution in [0.25, 0.3) is 10.1 Å². The Hall–Kier alpha value is -2.26. The van der Waals surface area contributed by atoms with E-state index in [9.17, 15) is 22.4 Å². The molecule has 1 aromatic heterocycles. The van der Waals surface area contributed by atoms with Gasteiger partial charge >= 0.3 is 12.1 Å². The summed E-state index contributed by atoms with van der Waals surface area (Å²) in [6.07, 6.45) is -0.514. The lowest BCUT2D eigenvalue weighted by Crippen LogP contribution is -2.10. The molecule has 0 fully saturated rings. The molecular weight excluding hydrogens is 500 g/mol. The maximum atomic E-state index is 13.4. The smallest absolute Gasteiger partial charge is 0.416 e. The number of thiophene rings is 1. The predicted octanol–water partition coefficient (Wildman–Crippen LogP) is 8.62. The lowest BCUT2D eigenvalue weighted by Gasteiger charge is -2.17. The quantitative estimate of drug-likeness (QED) is 0.189. The number of rotatable bonds is 12. The minimum Gasteiger partial charge on any atom is -0.482 e. The van der Waals surface area contributed by atoms with Crippen LogP contribution in [0.5, 0.6) is 5.75 Å². The van der Waals surface area contributed by atoms with Crippen molar-refractivity contribution < 1.29 is 32.2 Å². The van der Waals surface area contributed by atoms with Crippen molar-refractivity contribution in [1.29, 1.82) is 0 Å². The van der Waals surface area contributed by atoms with Gasteiger partial charge in [-0.1, -0.05) is 25.8 Å². The normalized spacial score (nSPS) is 12.7. The second kappa shape index (κ2) is 12.1. The summed E-state index contributed by atoms with van der Waals surface area (Å²) in [5.74, 6) is 0.0847. The summed E-state index contributed by atoms with van der Waals surface area (Å²) in [6.45, 7) is 2.81. The SMILES string of the molecule is CCCCC(CCSc1ccc(OCC(=O)O)c(CF)c1)c1sc2cc(C(F)(F)F)ccc2c1C. The average molecular weight is 529 g/mol. The lowest BCUT2D eigenvalue weighted by molar-refractivity contribution is -0.139. The minimum absolute atomic E-state index is 0.221. The Kier molecular flexibility index (Phi) is 9.47. The number of unbranched alkanes of at least 4 members (excludes halogenated alkanes) is 1. The average Bonchev–Trinajstić information content (AvgIpc) is 3.15. The second-order valence-electron chi connectivity index (χ2n) is 8.36. The summed E-state index contributed by atoms with van der Waals surface area (Å²) in [5, 5.41) is 9.63. The zero-order valence-corrected chi connectivity index (χ0v) is 21.2. The number of ether oxygens (including phenoxy) is 1. The molecule has 1 unspecified atom stereocenters. The number of carboxylic acid groups (broad SMARTS) is 1. The Balaban J connectivity index is 1.75. The zero-order valence-electron chi connectivity index (χ0n) is 19.6. The van der Waals surface area contributed by atoms with Crippen LogP contribution in [0.2, 0.25) is 0 Å². The molecule has 190 valence electrons. The Morgan fingerprint density at radius 3 is 2.60 bits per heavy atom. The molecule has 1 N–H and O–H groups in total. The van der Waals surface area contributed by atoms with Crippen molar-refractivity contribution in [2.75, 3.05) is 12.4 Å². The van der Waals surface area contributed by atoms with E-state index in [1.807, 2.05) is 6.92 Å².